The van der Waals surface area contributed by atoms with Gasteiger partial charge in [-0.3, -0.25) is 0 Å². The minimum atomic E-state index is -1.03. The molecule has 1 aliphatic carbocycles. The molecule has 0 amide bonds. The van der Waals surface area contributed by atoms with Gasteiger partial charge in [-0.25, -0.2) is 9.18 Å². The van der Waals surface area contributed by atoms with Crippen molar-refractivity contribution in [2.45, 2.75) is 18.9 Å². The maximum absolute atomic E-state index is 13.8. The Bertz CT molecular complexity index is 466. The van der Waals surface area contributed by atoms with Crippen molar-refractivity contribution < 1.29 is 14.3 Å². The van der Waals surface area contributed by atoms with E-state index in [-0.39, 0.29) is 5.82 Å². The molecule has 1 aromatic carbocycles. The first-order chi connectivity index (χ1) is 8.09. The Kier molecular flexibility index (Phi) is 3.13. The summed E-state index contributed by atoms with van der Waals surface area (Å²) in [6, 6.07) is 5.08. The normalized spacial score (nSPS) is 15.2. The molecule has 0 spiro atoms. The van der Waals surface area contributed by atoms with Gasteiger partial charge in [-0.2, -0.15) is 0 Å². The van der Waals surface area contributed by atoms with E-state index in [1.165, 1.54) is 12.1 Å². The van der Waals surface area contributed by atoms with Gasteiger partial charge in [0.25, 0.3) is 0 Å². The van der Waals surface area contributed by atoms with Gasteiger partial charge in [0.15, 0.2) is 0 Å². The number of halogens is 1. The molecular formula is C13H14FNO2. The first-order valence-electron chi connectivity index (χ1n) is 5.52. The second kappa shape index (κ2) is 4.57. The molecular weight excluding hydrogens is 221 g/mol. The second-order valence-corrected chi connectivity index (χ2v) is 4.19. The first-order valence-corrected chi connectivity index (χ1v) is 5.52. The van der Waals surface area contributed by atoms with E-state index in [1.54, 1.807) is 12.1 Å². The molecule has 0 aliphatic heterocycles. The van der Waals surface area contributed by atoms with Crippen LogP contribution in [-0.2, 0) is 4.79 Å². The largest absolute Gasteiger partial charge is 0.478 e. The number of anilines is 1. The number of benzene rings is 1. The molecule has 1 N–H and O–H groups in total. The van der Waals surface area contributed by atoms with Gasteiger partial charge in [-0.15, -0.1) is 0 Å². The molecule has 17 heavy (non-hydrogen) atoms. The summed E-state index contributed by atoms with van der Waals surface area (Å²) in [5.74, 6) is -1.35. The van der Waals surface area contributed by atoms with Crippen molar-refractivity contribution in [1.82, 2.24) is 0 Å². The van der Waals surface area contributed by atoms with Crippen LogP contribution >= 0.6 is 0 Å². The number of aliphatic carboxylic acids is 1. The predicted octanol–water partition coefficient (Wildman–Crippen LogP) is 2.52. The summed E-state index contributed by atoms with van der Waals surface area (Å²) in [5.41, 5.74) is 1.08. The van der Waals surface area contributed by atoms with Crippen LogP contribution in [0, 0.1) is 5.82 Å². The number of nitrogens with zero attached hydrogens (tertiary/aromatic N) is 1. The van der Waals surface area contributed by atoms with Gasteiger partial charge >= 0.3 is 5.97 Å². The highest BCUT2D eigenvalue weighted by Crippen LogP contribution is 2.34. The van der Waals surface area contributed by atoms with Crippen molar-refractivity contribution in [3.05, 3.63) is 35.7 Å². The fraction of sp³-hybridized carbons (Fsp3) is 0.308. The van der Waals surface area contributed by atoms with E-state index in [2.05, 4.69) is 0 Å². The van der Waals surface area contributed by atoms with Crippen molar-refractivity contribution in [3.8, 4) is 0 Å². The molecule has 1 fully saturated rings. The Labute approximate surface area is 99.2 Å². The third kappa shape index (κ3) is 2.64. The minimum Gasteiger partial charge on any atom is -0.478 e. The molecule has 0 unspecified atom stereocenters. The van der Waals surface area contributed by atoms with Gasteiger partial charge in [0, 0.05) is 24.7 Å². The maximum Gasteiger partial charge on any atom is 0.328 e. The summed E-state index contributed by atoms with van der Waals surface area (Å²) in [7, 11) is 1.84. The van der Waals surface area contributed by atoms with Gasteiger partial charge in [-0.1, -0.05) is 12.1 Å². The van der Waals surface area contributed by atoms with Gasteiger partial charge in [0.1, 0.15) is 5.82 Å². The summed E-state index contributed by atoms with van der Waals surface area (Å²) in [5, 5.41) is 8.60. The molecule has 4 heteroatoms. The quantitative estimate of drug-likeness (QED) is 0.815. The number of para-hydroxylation sites is 1. The smallest absolute Gasteiger partial charge is 0.328 e. The average molecular weight is 235 g/mol. The molecule has 1 aliphatic rings. The molecule has 0 bridgehead atoms. The molecule has 1 saturated carbocycles. The fourth-order valence-electron chi connectivity index (χ4n) is 1.84. The second-order valence-electron chi connectivity index (χ2n) is 4.19. The lowest BCUT2D eigenvalue weighted by atomic mass is 10.1. The van der Waals surface area contributed by atoms with Crippen molar-refractivity contribution in [3.63, 3.8) is 0 Å². The van der Waals surface area contributed by atoms with Gasteiger partial charge in [0.2, 0.25) is 0 Å². The third-order valence-electron chi connectivity index (χ3n) is 2.87. The van der Waals surface area contributed by atoms with Crippen molar-refractivity contribution in [2.24, 2.45) is 0 Å². The number of carboxylic acids is 1. The molecule has 1 aromatic rings. The molecule has 90 valence electrons. The van der Waals surface area contributed by atoms with Crippen molar-refractivity contribution in [2.75, 3.05) is 11.9 Å². The highest BCUT2D eigenvalue weighted by molar-refractivity contribution is 5.87. The van der Waals surface area contributed by atoms with Crippen LogP contribution in [-0.4, -0.2) is 24.2 Å². The predicted molar refractivity (Wildman–Crippen MR) is 64.5 cm³/mol. The zero-order valence-corrected chi connectivity index (χ0v) is 9.56. The summed E-state index contributed by atoms with van der Waals surface area (Å²) < 4.78 is 13.8. The number of hydrogen-bond acceptors (Lipinski definition) is 2. The van der Waals surface area contributed by atoms with E-state index in [0.29, 0.717) is 17.3 Å². The highest BCUT2D eigenvalue weighted by Gasteiger charge is 2.28. The lowest BCUT2D eigenvalue weighted by Gasteiger charge is -2.21. The molecule has 0 heterocycles. The average Bonchev–Trinajstić information content (AvgIpc) is 3.09. The van der Waals surface area contributed by atoms with Crippen LogP contribution in [0.5, 0.6) is 0 Å². The lowest BCUT2D eigenvalue weighted by molar-refractivity contribution is -0.131. The number of carboxylic acid groups (broad SMARTS) is 1. The summed E-state index contributed by atoms with van der Waals surface area (Å²) in [4.78, 5) is 12.4. The van der Waals surface area contributed by atoms with E-state index in [1.807, 2.05) is 11.9 Å². The van der Waals surface area contributed by atoms with E-state index in [9.17, 15) is 9.18 Å². The third-order valence-corrected chi connectivity index (χ3v) is 2.87. The molecule has 0 radical (unpaired) electrons. The molecule has 0 aromatic heterocycles. The highest BCUT2D eigenvalue weighted by atomic mass is 19.1. The van der Waals surface area contributed by atoms with Crippen LogP contribution < -0.4 is 4.90 Å². The fourth-order valence-corrected chi connectivity index (χ4v) is 1.84. The Morgan fingerprint density at radius 1 is 1.53 bits per heavy atom. The zero-order chi connectivity index (χ0) is 12.4. The number of hydrogen-bond donors (Lipinski definition) is 1. The monoisotopic (exact) mass is 235 g/mol. The summed E-state index contributed by atoms with van der Waals surface area (Å²) in [6.45, 7) is 0. The van der Waals surface area contributed by atoms with E-state index >= 15 is 0 Å². The van der Waals surface area contributed by atoms with Crippen molar-refractivity contribution in [1.29, 1.82) is 0 Å². The molecule has 0 saturated heterocycles. The van der Waals surface area contributed by atoms with Crippen LogP contribution in [0.15, 0.2) is 24.3 Å². The zero-order valence-electron chi connectivity index (χ0n) is 9.56. The summed E-state index contributed by atoms with van der Waals surface area (Å²) >= 11 is 0. The van der Waals surface area contributed by atoms with Gasteiger partial charge in [-0.05, 0) is 25.0 Å². The molecule has 0 atom stereocenters. The maximum atomic E-state index is 13.8. The number of rotatable bonds is 4. The topological polar surface area (TPSA) is 40.5 Å². The SMILES string of the molecule is CN(c1c(F)cccc1/C=C/C(=O)O)C1CC1. The van der Waals surface area contributed by atoms with Crippen LogP contribution in [0.4, 0.5) is 10.1 Å². The van der Waals surface area contributed by atoms with Gasteiger partial charge in [0.05, 0.1) is 5.69 Å². The van der Waals surface area contributed by atoms with Crippen LogP contribution in [0.3, 0.4) is 0 Å². The van der Waals surface area contributed by atoms with Crippen molar-refractivity contribution >= 4 is 17.7 Å². The minimum absolute atomic E-state index is 0.313. The van der Waals surface area contributed by atoms with Crippen LogP contribution in [0.25, 0.3) is 6.08 Å². The van der Waals surface area contributed by atoms with E-state index < -0.39 is 5.97 Å². The summed E-state index contributed by atoms with van der Waals surface area (Å²) in [6.07, 6.45) is 4.58. The number of carbonyl (C=O) groups is 1. The molecule has 3 nitrogen and oxygen atoms in total. The van der Waals surface area contributed by atoms with E-state index in [4.69, 9.17) is 5.11 Å². The molecule has 2 rings (SSSR count). The Morgan fingerprint density at radius 3 is 2.82 bits per heavy atom. The van der Waals surface area contributed by atoms with Crippen LogP contribution in [0.1, 0.15) is 18.4 Å². The lowest BCUT2D eigenvalue weighted by Crippen LogP contribution is -2.21. The Morgan fingerprint density at radius 2 is 2.24 bits per heavy atom. The van der Waals surface area contributed by atoms with Gasteiger partial charge < -0.3 is 10.0 Å². The van der Waals surface area contributed by atoms with Crippen LogP contribution in [0.2, 0.25) is 0 Å². The Hall–Kier alpha value is -1.84. The van der Waals surface area contributed by atoms with E-state index in [0.717, 1.165) is 18.9 Å². The first kappa shape index (κ1) is 11.6. The standard InChI is InChI=1S/C13H14FNO2/c1-15(10-6-7-10)13-9(5-8-12(16)17)3-2-4-11(13)14/h2-5,8,10H,6-7H2,1H3,(H,16,17)/b8-5+. The Balaban J connectivity index is 2.36.